The number of guanidine groups is 1. The van der Waals surface area contributed by atoms with Crippen molar-refractivity contribution in [1.29, 1.82) is 0 Å². The van der Waals surface area contributed by atoms with Gasteiger partial charge in [0.05, 0.1) is 18.6 Å². The minimum Gasteiger partial charge on any atom is -0.357 e. The molecule has 0 spiro atoms. The van der Waals surface area contributed by atoms with Crippen LogP contribution in [0.1, 0.15) is 41.0 Å². The predicted octanol–water partition coefficient (Wildman–Crippen LogP) is 0.761. The molecule has 1 N–H and O–H groups in total. The molecule has 7 nitrogen and oxygen atoms in total. The monoisotopic (exact) mass is 339 g/mol. The SMILES string of the molecule is CCNC(=NCCC(=O)N(C)C)N1CC(=O)N(C(C)C)C(C)(C)C1. The zero-order valence-electron chi connectivity index (χ0n) is 16.2. The molecule has 24 heavy (non-hydrogen) atoms. The Hall–Kier alpha value is -1.79. The summed E-state index contributed by atoms with van der Waals surface area (Å²) < 4.78 is 0. The molecule has 1 fully saturated rings. The molecule has 0 aromatic rings. The highest BCUT2D eigenvalue weighted by atomic mass is 16.2. The van der Waals surface area contributed by atoms with Crippen molar-refractivity contribution in [3.63, 3.8) is 0 Å². The van der Waals surface area contributed by atoms with Crippen molar-refractivity contribution in [2.24, 2.45) is 4.99 Å². The van der Waals surface area contributed by atoms with Crippen LogP contribution in [0.5, 0.6) is 0 Å². The van der Waals surface area contributed by atoms with Gasteiger partial charge in [0, 0.05) is 39.6 Å². The summed E-state index contributed by atoms with van der Waals surface area (Å²) in [6.45, 7) is 12.4. The molecule has 1 saturated heterocycles. The van der Waals surface area contributed by atoms with Crippen LogP contribution < -0.4 is 5.32 Å². The van der Waals surface area contributed by atoms with Gasteiger partial charge in [-0.05, 0) is 34.6 Å². The number of rotatable bonds is 5. The Labute approximate surface area is 146 Å². The zero-order chi connectivity index (χ0) is 18.5. The van der Waals surface area contributed by atoms with Gasteiger partial charge in [0.25, 0.3) is 0 Å². The van der Waals surface area contributed by atoms with Gasteiger partial charge in [0.15, 0.2) is 5.96 Å². The van der Waals surface area contributed by atoms with Crippen LogP contribution in [0.25, 0.3) is 0 Å². The van der Waals surface area contributed by atoms with Crippen LogP contribution >= 0.6 is 0 Å². The van der Waals surface area contributed by atoms with E-state index in [1.54, 1.807) is 19.0 Å². The summed E-state index contributed by atoms with van der Waals surface area (Å²) in [7, 11) is 3.48. The van der Waals surface area contributed by atoms with Crippen molar-refractivity contribution in [3.05, 3.63) is 0 Å². The Morgan fingerprint density at radius 2 is 2.00 bits per heavy atom. The fourth-order valence-corrected chi connectivity index (χ4v) is 3.22. The molecule has 0 aromatic heterocycles. The van der Waals surface area contributed by atoms with Crippen molar-refractivity contribution in [3.8, 4) is 0 Å². The molecule has 1 rings (SSSR count). The maximum absolute atomic E-state index is 12.6. The second-order valence-corrected chi connectivity index (χ2v) is 7.30. The van der Waals surface area contributed by atoms with Gasteiger partial charge in [0.2, 0.25) is 11.8 Å². The minimum absolute atomic E-state index is 0.0515. The molecular weight excluding hydrogens is 306 g/mol. The van der Waals surface area contributed by atoms with E-state index in [4.69, 9.17) is 0 Å². The average Bonchev–Trinajstić information content (AvgIpc) is 2.43. The first kappa shape index (κ1) is 20.3. The van der Waals surface area contributed by atoms with E-state index in [-0.39, 0.29) is 23.4 Å². The number of carbonyl (C=O) groups is 2. The average molecular weight is 339 g/mol. The van der Waals surface area contributed by atoms with Crippen molar-refractivity contribution in [2.45, 2.75) is 52.6 Å². The van der Waals surface area contributed by atoms with Gasteiger partial charge in [-0.2, -0.15) is 0 Å². The van der Waals surface area contributed by atoms with Gasteiger partial charge >= 0.3 is 0 Å². The van der Waals surface area contributed by atoms with Crippen LogP contribution in [-0.2, 0) is 9.59 Å². The smallest absolute Gasteiger partial charge is 0.242 e. The van der Waals surface area contributed by atoms with Crippen molar-refractivity contribution < 1.29 is 9.59 Å². The fourth-order valence-electron chi connectivity index (χ4n) is 3.22. The third-order valence-electron chi connectivity index (χ3n) is 4.06. The number of nitrogens with one attached hydrogen (secondary N) is 1. The topological polar surface area (TPSA) is 68.2 Å². The molecule has 0 bridgehead atoms. The highest BCUT2D eigenvalue weighted by Crippen LogP contribution is 2.24. The highest BCUT2D eigenvalue weighted by molar-refractivity contribution is 5.88. The van der Waals surface area contributed by atoms with Gasteiger partial charge in [-0.3, -0.25) is 14.6 Å². The standard InChI is InChI=1S/C17H33N5O2/c1-8-18-16(19-10-9-14(23)20(6)7)21-11-15(24)22(13(2)3)17(4,5)12-21/h13H,8-12H2,1-7H3,(H,18,19). The summed E-state index contributed by atoms with van der Waals surface area (Å²) in [4.78, 5) is 34.3. The minimum atomic E-state index is -0.265. The fraction of sp³-hybridized carbons (Fsp3) is 0.824. The summed E-state index contributed by atoms with van der Waals surface area (Å²) >= 11 is 0. The highest BCUT2D eigenvalue weighted by Gasteiger charge is 2.40. The second-order valence-electron chi connectivity index (χ2n) is 7.30. The van der Waals surface area contributed by atoms with Crippen LogP contribution in [0.15, 0.2) is 4.99 Å². The normalized spacial score (nSPS) is 18.2. The molecule has 138 valence electrons. The lowest BCUT2D eigenvalue weighted by Gasteiger charge is -2.49. The molecule has 7 heteroatoms. The number of nitrogens with zero attached hydrogens (tertiary/aromatic N) is 4. The van der Waals surface area contributed by atoms with Crippen LogP contribution in [0.3, 0.4) is 0 Å². The van der Waals surface area contributed by atoms with Gasteiger partial charge in [-0.25, -0.2) is 0 Å². The quantitative estimate of drug-likeness (QED) is 0.593. The van der Waals surface area contributed by atoms with Gasteiger partial charge in [-0.1, -0.05) is 0 Å². The molecule has 0 unspecified atom stereocenters. The molecule has 1 heterocycles. The molecule has 0 radical (unpaired) electrons. The van der Waals surface area contributed by atoms with E-state index in [9.17, 15) is 9.59 Å². The van der Waals surface area contributed by atoms with Crippen LogP contribution in [0.4, 0.5) is 0 Å². The Balaban J connectivity index is 2.86. The van der Waals surface area contributed by atoms with Crippen molar-refractivity contribution in [1.82, 2.24) is 20.0 Å². The lowest BCUT2D eigenvalue weighted by molar-refractivity contribution is -0.145. The summed E-state index contributed by atoms with van der Waals surface area (Å²) in [5.74, 6) is 0.862. The molecule has 2 amide bonds. The summed E-state index contributed by atoms with van der Waals surface area (Å²) in [6, 6.07) is 0.173. The predicted molar refractivity (Wildman–Crippen MR) is 96.9 cm³/mol. The van der Waals surface area contributed by atoms with Crippen LogP contribution in [-0.4, -0.2) is 84.3 Å². The first-order chi connectivity index (χ1) is 11.1. The van der Waals surface area contributed by atoms with E-state index in [1.807, 2.05) is 30.6 Å². The van der Waals surface area contributed by atoms with E-state index in [2.05, 4.69) is 24.2 Å². The van der Waals surface area contributed by atoms with Crippen molar-refractivity contribution >= 4 is 17.8 Å². The van der Waals surface area contributed by atoms with Gasteiger partial charge in [0.1, 0.15) is 0 Å². The summed E-state index contributed by atoms with van der Waals surface area (Å²) in [5.41, 5.74) is -0.265. The largest absolute Gasteiger partial charge is 0.357 e. The maximum atomic E-state index is 12.6. The summed E-state index contributed by atoms with van der Waals surface area (Å²) in [5, 5.41) is 3.24. The van der Waals surface area contributed by atoms with Crippen molar-refractivity contribution in [2.75, 3.05) is 40.3 Å². The third kappa shape index (κ3) is 5.11. The van der Waals surface area contributed by atoms with Gasteiger partial charge < -0.3 is 20.0 Å². The molecule has 1 aliphatic rings. The molecular formula is C17H33N5O2. The number of aliphatic imine (C=N–C) groups is 1. The molecule has 1 aliphatic heterocycles. The Kier molecular flexibility index (Phi) is 7.05. The number of carbonyl (C=O) groups excluding carboxylic acids is 2. The van der Waals surface area contributed by atoms with E-state index >= 15 is 0 Å². The van der Waals surface area contributed by atoms with E-state index in [0.29, 0.717) is 32.0 Å². The van der Waals surface area contributed by atoms with E-state index in [0.717, 1.165) is 6.54 Å². The second kappa shape index (κ2) is 8.35. The molecule has 0 aromatic carbocycles. The molecule has 0 atom stereocenters. The Morgan fingerprint density at radius 3 is 2.46 bits per heavy atom. The Morgan fingerprint density at radius 1 is 1.38 bits per heavy atom. The lowest BCUT2D eigenvalue weighted by atomic mass is 9.96. The number of amides is 2. The number of piperazine rings is 1. The summed E-state index contributed by atoms with van der Waals surface area (Å²) in [6.07, 6.45) is 0.366. The molecule has 0 saturated carbocycles. The zero-order valence-corrected chi connectivity index (χ0v) is 16.2. The first-order valence-corrected chi connectivity index (χ1v) is 8.65. The first-order valence-electron chi connectivity index (χ1n) is 8.65. The third-order valence-corrected chi connectivity index (χ3v) is 4.06. The molecule has 0 aliphatic carbocycles. The lowest BCUT2D eigenvalue weighted by Crippen LogP contribution is -2.66. The van der Waals surface area contributed by atoms with Crippen LogP contribution in [0, 0.1) is 0 Å². The number of hydrogen-bond donors (Lipinski definition) is 1. The number of hydrogen-bond acceptors (Lipinski definition) is 3. The van der Waals surface area contributed by atoms with Gasteiger partial charge in [-0.15, -0.1) is 0 Å². The van der Waals surface area contributed by atoms with E-state index < -0.39 is 0 Å². The Bertz CT molecular complexity index is 485. The van der Waals surface area contributed by atoms with E-state index in [1.165, 1.54) is 0 Å². The van der Waals surface area contributed by atoms with Crippen LogP contribution in [0.2, 0.25) is 0 Å². The maximum Gasteiger partial charge on any atom is 0.242 e.